The number of guanidine groups is 1. The van der Waals surface area contributed by atoms with Crippen LogP contribution in [0.2, 0.25) is 0 Å². The second-order valence-electron chi connectivity index (χ2n) is 5.96. The average molecular weight is 442 g/mol. The van der Waals surface area contributed by atoms with Crippen molar-refractivity contribution in [3.8, 4) is 0 Å². The van der Waals surface area contributed by atoms with Gasteiger partial charge in [0.1, 0.15) is 0 Å². The van der Waals surface area contributed by atoms with Crippen LogP contribution in [0.1, 0.15) is 42.3 Å². The van der Waals surface area contributed by atoms with Crippen molar-refractivity contribution in [2.24, 2.45) is 4.99 Å². The van der Waals surface area contributed by atoms with Crippen LogP contribution in [0.4, 0.5) is 0 Å². The summed E-state index contributed by atoms with van der Waals surface area (Å²) in [5.41, 5.74) is 3.59. The Bertz CT molecular complexity index is 652. The molecule has 5 nitrogen and oxygen atoms in total. The number of aromatic nitrogens is 1. The van der Waals surface area contributed by atoms with Crippen molar-refractivity contribution < 1.29 is 4.52 Å². The van der Waals surface area contributed by atoms with Crippen molar-refractivity contribution in [2.75, 3.05) is 13.6 Å². The molecule has 0 saturated carbocycles. The minimum atomic E-state index is 0. The molecule has 2 rings (SSSR count). The molecule has 0 radical (unpaired) electrons. The van der Waals surface area contributed by atoms with E-state index in [0.717, 1.165) is 30.4 Å². The van der Waals surface area contributed by atoms with Gasteiger partial charge in [-0.25, -0.2) is 0 Å². The first-order valence-corrected chi connectivity index (χ1v) is 8.04. The highest BCUT2D eigenvalue weighted by molar-refractivity contribution is 14.0. The Morgan fingerprint density at radius 3 is 2.67 bits per heavy atom. The molecule has 0 saturated heterocycles. The van der Waals surface area contributed by atoms with Gasteiger partial charge in [0.05, 0.1) is 12.2 Å². The second kappa shape index (κ2) is 10.3. The predicted molar refractivity (Wildman–Crippen MR) is 109 cm³/mol. The molecule has 1 heterocycles. The monoisotopic (exact) mass is 442 g/mol. The molecule has 1 aromatic carbocycles. The number of aryl methyl sites for hydroxylation is 1. The topological polar surface area (TPSA) is 62.5 Å². The van der Waals surface area contributed by atoms with Gasteiger partial charge in [0.25, 0.3) is 0 Å². The molecule has 0 atom stereocenters. The minimum Gasteiger partial charge on any atom is -0.359 e. The lowest BCUT2D eigenvalue weighted by Crippen LogP contribution is -2.37. The minimum absolute atomic E-state index is 0. The van der Waals surface area contributed by atoms with Crippen molar-refractivity contribution in [3.63, 3.8) is 0 Å². The van der Waals surface area contributed by atoms with E-state index in [9.17, 15) is 0 Å². The van der Waals surface area contributed by atoms with Crippen molar-refractivity contribution in [1.29, 1.82) is 0 Å². The Labute approximate surface area is 161 Å². The van der Waals surface area contributed by atoms with Crippen molar-refractivity contribution >= 4 is 29.9 Å². The maximum atomic E-state index is 5.31. The van der Waals surface area contributed by atoms with E-state index in [2.05, 4.69) is 65.8 Å². The van der Waals surface area contributed by atoms with Crippen molar-refractivity contribution in [2.45, 2.75) is 39.7 Å². The van der Waals surface area contributed by atoms with Crippen LogP contribution in [0.25, 0.3) is 0 Å². The van der Waals surface area contributed by atoms with Crippen molar-refractivity contribution in [1.82, 2.24) is 15.8 Å². The average Bonchev–Trinajstić information content (AvgIpc) is 3.00. The summed E-state index contributed by atoms with van der Waals surface area (Å²) in [7, 11) is 1.77. The van der Waals surface area contributed by atoms with Crippen LogP contribution in [0.3, 0.4) is 0 Å². The highest BCUT2D eigenvalue weighted by atomic mass is 127. The second-order valence-corrected chi connectivity index (χ2v) is 5.96. The van der Waals surface area contributed by atoms with Gasteiger partial charge in [0, 0.05) is 19.7 Å². The number of hydrogen-bond donors (Lipinski definition) is 2. The number of benzene rings is 1. The summed E-state index contributed by atoms with van der Waals surface area (Å²) in [6, 6.07) is 10.5. The lowest BCUT2D eigenvalue weighted by Gasteiger charge is -2.10. The highest BCUT2D eigenvalue weighted by Crippen LogP contribution is 2.13. The standard InChI is InChI=1S/C18H26N4O.HI/c1-13(2)17-11-16(23-22-17)12-21-18(19-4)20-9-8-15-7-5-6-14(3)10-15;/h5-7,10-11,13H,8-9,12H2,1-4H3,(H2,19,20,21);1H. The van der Waals surface area contributed by atoms with Crippen LogP contribution < -0.4 is 10.6 Å². The Kier molecular flexibility index (Phi) is 8.81. The molecule has 0 bridgehead atoms. The van der Waals surface area contributed by atoms with Crippen LogP contribution >= 0.6 is 24.0 Å². The zero-order chi connectivity index (χ0) is 16.7. The van der Waals surface area contributed by atoms with E-state index in [1.54, 1.807) is 7.05 Å². The number of nitrogens with one attached hydrogen (secondary N) is 2. The molecule has 24 heavy (non-hydrogen) atoms. The molecule has 0 aliphatic carbocycles. The van der Waals surface area contributed by atoms with Gasteiger partial charge in [0.2, 0.25) is 0 Å². The quantitative estimate of drug-likeness (QED) is 0.408. The third-order valence-electron chi connectivity index (χ3n) is 3.61. The summed E-state index contributed by atoms with van der Waals surface area (Å²) in [4.78, 5) is 4.23. The zero-order valence-electron chi connectivity index (χ0n) is 14.8. The summed E-state index contributed by atoms with van der Waals surface area (Å²) >= 11 is 0. The molecule has 0 aliphatic heterocycles. The zero-order valence-corrected chi connectivity index (χ0v) is 17.1. The van der Waals surface area contributed by atoms with Crippen LogP contribution in [0, 0.1) is 6.92 Å². The Hall–Kier alpha value is -1.57. The van der Waals surface area contributed by atoms with E-state index >= 15 is 0 Å². The fourth-order valence-corrected chi connectivity index (χ4v) is 2.27. The van der Waals surface area contributed by atoms with Gasteiger partial charge in [-0.15, -0.1) is 24.0 Å². The first kappa shape index (κ1) is 20.5. The number of aliphatic imine (C=N–C) groups is 1. The molecule has 2 N–H and O–H groups in total. The maximum absolute atomic E-state index is 5.31. The SMILES string of the molecule is CN=C(NCCc1cccc(C)c1)NCc1cc(C(C)C)no1.I. The molecule has 0 unspecified atom stereocenters. The number of rotatable bonds is 6. The summed E-state index contributed by atoms with van der Waals surface area (Å²) in [5.74, 6) is 1.95. The largest absolute Gasteiger partial charge is 0.359 e. The fraction of sp³-hybridized carbons (Fsp3) is 0.444. The molecule has 132 valence electrons. The van der Waals surface area contributed by atoms with Crippen LogP contribution in [0.15, 0.2) is 39.8 Å². The molecule has 0 amide bonds. The van der Waals surface area contributed by atoms with E-state index in [1.165, 1.54) is 11.1 Å². The first-order valence-electron chi connectivity index (χ1n) is 8.04. The molecular formula is C18H27IN4O. The molecule has 0 fully saturated rings. The van der Waals surface area contributed by atoms with E-state index in [0.29, 0.717) is 12.5 Å². The van der Waals surface area contributed by atoms with Crippen molar-refractivity contribution in [3.05, 3.63) is 52.9 Å². The molecule has 2 aromatic rings. The van der Waals surface area contributed by atoms with Gasteiger partial charge in [-0.3, -0.25) is 4.99 Å². The van der Waals surface area contributed by atoms with E-state index in [-0.39, 0.29) is 24.0 Å². The van der Waals surface area contributed by atoms with Crippen LogP contribution in [-0.4, -0.2) is 24.7 Å². The van der Waals surface area contributed by atoms with Gasteiger partial charge in [0.15, 0.2) is 11.7 Å². The summed E-state index contributed by atoms with van der Waals surface area (Å²) < 4.78 is 5.31. The molecular weight excluding hydrogens is 415 g/mol. The predicted octanol–water partition coefficient (Wildman–Crippen LogP) is 3.63. The highest BCUT2D eigenvalue weighted by Gasteiger charge is 2.08. The maximum Gasteiger partial charge on any atom is 0.191 e. The molecule has 0 aliphatic rings. The Morgan fingerprint density at radius 1 is 1.25 bits per heavy atom. The summed E-state index contributed by atoms with van der Waals surface area (Å²) in [6.45, 7) is 7.71. The summed E-state index contributed by atoms with van der Waals surface area (Å²) in [5, 5.41) is 10.6. The number of hydrogen-bond acceptors (Lipinski definition) is 3. The number of nitrogens with zero attached hydrogens (tertiary/aromatic N) is 2. The normalized spacial score (nSPS) is 11.3. The lowest BCUT2D eigenvalue weighted by molar-refractivity contribution is 0.372. The molecule has 1 aromatic heterocycles. The fourth-order valence-electron chi connectivity index (χ4n) is 2.27. The Balaban J connectivity index is 0.00000288. The van der Waals surface area contributed by atoms with Gasteiger partial charge >= 0.3 is 0 Å². The smallest absolute Gasteiger partial charge is 0.191 e. The summed E-state index contributed by atoms with van der Waals surface area (Å²) in [6.07, 6.45) is 0.961. The van der Waals surface area contributed by atoms with E-state index < -0.39 is 0 Å². The van der Waals surface area contributed by atoms with Gasteiger partial charge in [-0.05, 0) is 24.8 Å². The molecule has 6 heteroatoms. The third-order valence-corrected chi connectivity index (χ3v) is 3.61. The van der Waals surface area contributed by atoms with Gasteiger partial charge < -0.3 is 15.2 Å². The van der Waals surface area contributed by atoms with Gasteiger partial charge in [-0.1, -0.05) is 48.8 Å². The third kappa shape index (κ3) is 6.51. The van der Waals surface area contributed by atoms with Gasteiger partial charge in [-0.2, -0.15) is 0 Å². The number of halogens is 1. The lowest BCUT2D eigenvalue weighted by atomic mass is 10.1. The first-order chi connectivity index (χ1) is 11.1. The Morgan fingerprint density at radius 2 is 2.04 bits per heavy atom. The van der Waals surface area contributed by atoms with E-state index in [4.69, 9.17) is 4.52 Å². The van der Waals surface area contributed by atoms with Crippen LogP contribution in [0.5, 0.6) is 0 Å². The van der Waals surface area contributed by atoms with Crippen LogP contribution in [-0.2, 0) is 13.0 Å². The van der Waals surface area contributed by atoms with E-state index in [1.807, 2.05) is 6.07 Å². The molecule has 0 spiro atoms.